The monoisotopic (exact) mass is 532 g/mol. The highest BCUT2D eigenvalue weighted by Crippen LogP contribution is 2.26. The first-order valence-electron chi connectivity index (χ1n) is 13.3. The highest BCUT2D eigenvalue weighted by molar-refractivity contribution is 5.81. The maximum atomic E-state index is 4.86. The van der Waals surface area contributed by atoms with Gasteiger partial charge in [-0.15, -0.1) is 0 Å². The van der Waals surface area contributed by atoms with Crippen molar-refractivity contribution in [1.29, 1.82) is 0 Å². The van der Waals surface area contributed by atoms with Crippen LogP contribution in [0.3, 0.4) is 0 Å². The fourth-order valence-corrected chi connectivity index (χ4v) is 4.79. The summed E-state index contributed by atoms with van der Waals surface area (Å²) in [5.41, 5.74) is 8.08. The van der Waals surface area contributed by atoms with Gasteiger partial charge in [-0.1, -0.05) is 36.4 Å². The number of imidazole rings is 2. The lowest BCUT2D eigenvalue weighted by Crippen LogP contribution is -2.15. The second-order valence-electron chi connectivity index (χ2n) is 10.5. The number of fused-ring (bicyclic) bond motifs is 2. The quantitative estimate of drug-likeness (QED) is 0.286. The van der Waals surface area contributed by atoms with Crippen LogP contribution in [-0.4, -0.2) is 67.1 Å². The van der Waals surface area contributed by atoms with E-state index >= 15 is 0 Å². The van der Waals surface area contributed by atoms with Crippen LogP contribution in [0.5, 0.6) is 0 Å². The molecule has 0 radical (unpaired) electrons. The van der Waals surface area contributed by atoms with E-state index in [1.807, 2.05) is 68.7 Å². The standard InChI is InChI=1S/C21H17N5.C11H19N3/c1-25-18-12-5-3-8-14(18)23-20(25)16-10-7-11-17(22-16)21-24-15-9-4-6-13-19(15)26(21)2;1-13(2)8-10-6-5-7-11(12-10)9-14(3)4/h3-13H,1-2H3;5-7H,8-9H2,1-4H3. The first-order chi connectivity index (χ1) is 19.3. The van der Waals surface area contributed by atoms with Crippen LogP contribution in [0.4, 0.5) is 0 Å². The molecular formula is C32H36N8. The van der Waals surface area contributed by atoms with E-state index in [4.69, 9.17) is 15.0 Å². The molecule has 0 saturated heterocycles. The summed E-state index contributed by atoms with van der Waals surface area (Å²) in [6, 6.07) is 28.4. The molecule has 0 amide bonds. The SMILES string of the molecule is CN(C)Cc1cccc(CN(C)C)n1.Cn1c(-c2cccc(-c3nc4ccccc4n3C)n2)nc2ccccc21. The molecule has 2 aromatic carbocycles. The number of hydrogen-bond donors (Lipinski definition) is 0. The molecular weight excluding hydrogens is 496 g/mol. The van der Waals surface area contributed by atoms with Crippen molar-refractivity contribution in [3.63, 3.8) is 0 Å². The van der Waals surface area contributed by atoms with Crippen LogP contribution >= 0.6 is 0 Å². The predicted molar refractivity (Wildman–Crippen MR) is 163 cm³/mol. The molecule has 0 atom stereocenters. The van der Waals surface area contributed by atoms with Crippen molar-refractivity contribution < 1.29 is 0 Å². The Morgan fingerprint density at radius 1 is 0.500 bits per heavy atom. The van der Waals surface area contributed by atoms with Gasteiger partial charge in [0.25, 0.3) is 0 Å². The minimum atomic E-state index is 0.841. The summed E-state index contributed by atoms with van der Waals surface area (Å²) in [7, 11) is 12.3. The fraction of sp³-hybridized carbons (Fsp3) is 0.250. The van der Waals surface area contributed by atoms with Gasteiger partial charge in [-0.3, -0.25) is 4.98 Å². The summed E-state index contributed by atoms with van der Waals surface area (Å²) in [5.74, 6) is 1.71. The Morgan fingerprint density at radius 2 is 0.925 bits per heavy atom. The largest absolute Gasteiger partial charge is 0.326 e. The lowest BCUT2D eigenvalue weighted by atomic mass is 10.2. The number of aromatic nitrogens is 6. The van der Waals surface area contributed by atoms with Gasteiger partial charge in [0.05, 0.1) is 33.5 Å². The number of aryl methyl sites for hydroxylation is 2. The summed E-state index contributed by atoms with van der Waals surface area (Å²) in [4.78, 5) is 23.2. The molecule has 8 nitrogen and oxygen atoms in total. The summed E-state index contributed by atoms with van der Waals surface area (Å²) >= 11 is 0. The van der Waals surface area contributed by atoms with E-state index in [2.05, 4.69) is 82.4 Å². The van der Waals surface area contributed by atoms with Crippen LogP contribution in [0.1, 0.15) is 11.4 Å². The number of nitrogens with zero attached hydrogens (tertiary/aromatic N) is 8. The van der Waals surface area contributed by atoms with E-state index in [9.17, 15) is 0 Å². The summed E-state index contributed by atoms with van der Waals surface area (Å²) in [6.45, 7) is 1.81. The zero-order valence-electron chi connectivity index (χ0n) is 24.1. The number of rotatable bonds is 6. The average molecular weight is 533 g/mol. The van der Waals surface area contributed by atoms with Gasteiger partial charge in [0.2, 0.25) is 0 Å². The van der Waals surface area contributed by atoms with Gasteiger partial charge in [0.1, 0.15) is 11.4 Å². The highest BCUT2D eigenvalue weighted by Gasteiger charge is 2.14. The Hall–Kier alpha value is -4.40. The second-order valence-corrected chi connectivity index (χ2v) is 10.5. The zero-order chi connectivity index (χ0) is 28.2. The molecule has 4 heterocycles. The smallest absolute Gasteiger partial charge is 0.159 e. The molecule has 0 aliphatic carbocycles. The van der Waals surface area contributed by atoms with Crippen LogP contribution in [0.25, 0.3) is 45.1 Å². The van der Waals surface area contributed by atoms with Crippen molar-refractivity contribution in [3.8, 4) is 23.0 Å². The van der Waals surface area contributed by atoms with Gasteiger partial charge in [-0.25, -0.2) is 15.0 Å². The van der Waals surface area contributed by atoms with Gasteiger partial charge in [-0.2, -0.15) is 0 Å². The van der Waals surface area contributed by atoms with E-state index in [0.717, 1.165) is 69.6 Å². The number of pyridine rings is 2. The van der Waals surface area contributed by atoms with Crippen LogP contribution < -0.4 is 0 Å². The molecule has 0 spiro atoms. The molecule has 0 saturated carbocycles. The van der Waals surface area contributed by atoms with Gasteiger partial charge in [0, 0.05) is 27.2 Å². The number of benzene rings is 2. The molecule has 0 N–H and O–H groups in total. The molecule has 6 rings (SSSR count). The van der Waals surface area contributed by atoms with Gasteiger partial charge >= 0.3 is 0 Å². The zero-order valence-corrected chi connectivity index (χ0v) is 24.1. The molecule has 0 aliphatic rings. The maximum absolute atomic E-state index is 4.86. The van der Waals surface area contributed by atoms with Crippen LogP contribution in [-0.2, 0) is 27.2 Å². The molecule has 0 aliphatic heterocycles. The Kier molecular flexibility index (Phi) is 8.00. The third kappa shape index (κ3) is 5.93. The fourth-order valence-electron chi connectivity index (χ4n) is 4.79. The molecule has 204 valence electrons. The predicted octanol–water partition coefficient (Wildman–Crippen LogP) is 5.39. The molecule has 4 aromatic heterocycles. The van der Waals surface area contributed by atoms with Crippen molar-refractivity contribution in [1.82, 2.24) is 38.9 Å². The first-order valence-corrected chi connectivity index (χ1v) is 13.3. The number of para-hydroxylation sites is 4. The van der Waals surface area contributed by atoms with Crippen molar-refractivity contribution in [2.45, 2.75) is 13.1 Å². The van der Waals surface area contributed by atoms with Gasteiger partial charge < -0.3 is 18.9 Å². The average Bonchev–Trinajstić information content (AvgIpc) is 3.46. The van der Waals surface area contributed by atoms with Crippen LogP contribution in [0.2, 0.25) is 0 Å². The minimum Gasteiger partial charge on any atom is -0.326 e. The van der Waals surface area contributed by atoms with Crippen molar-refractivity contribution in [3.05, 3.63) is 96.3 Å². The maximum Gasteiger partial charge on any atom is 0.159 e. The van der Waals surface area contributed by atoms with Crippen molar-refractivity contribution in [2.24, 2.45) is 14.1 Å². The second kappa shape index (κ2) is 11.8. The van der Waals surface area contributed by atoms with Crippen LogP contribution in [0, 0.1) is 0 Å². The Labute approximate surface area is 235 Å². The Balaban J connectivity index is 0.000000197. The van der Waals surface area contributed by atoms with E-state index in [0.29, 0.717) is 0 Å². The third-order valence-electron chi connectivity index (χ3n) is 6.60. The van der Waals surface area contributed by atoms with E-state index in [1.165, 1.54) is 0 Å². The molecule has 0 bridgehead atoms. The number of hydrogen-bond acceptors (Lipinski definition) is 6. The van der Waals surface area contributed by atoms with Crippen LogP contribution in [0.15, 0.2) is 84.9 Å². The molecule has 6 aromatic rings. The summed E-state index contributed by atoms with van der Waals surface area (Å²) in [6.07, 6.45) is 0. The van der Waals surface area contributed by atoms with E-state index in [-0.39, 0.29) is 0 Å². The summed E-state index contributed by atoms with van der Waals surface area (Å²) < 4.78 is 4.16. The topological polar surface area (TPSA) is 67.9 Å². The summed E-state index contributed by atoms with van der Waals surface area (Å²) in [5, 5.41) is 0. The van der Waals surface area contributed by atoms with Crippen molar-refractivity contribution >= 4 is 22.1 Å². The van der Waals surface area contributed by atoms with E-state index in [1.54, 1.807) is 0 Å². The first kappa shape index (κ1) is 27.2. The molecule has 0 fully saturated rings. The lowest BCUT2D eigenvalue weighted by Gasteiger charge is -2.12. The normalized spacial score (nSPS) is 11.4. The van der Waals surface area contributed by atoms with Gasteiger partial charge in [0.15, 0.2) is 11.6 Å². The Bertz CT molecular complexity index is 1620. The molecule has 40 heavy (non-hydrogen) atoms. The minimum absolute atomic E-state index is 0.841. The van der Waals surface area contributed by atoms with E-state index < -0.39 is 0 Å². The molecule has 8 heteroatoms. The highest BCUT2D eigenvalue weighted by atomic mass is 15.1. The lowest BCUT2D eigenvalue weighted by molar-refractivity contribution is 0.384. The molecule has 0 unspecified atom stereocenters. The van der Waals surface area contributed by atoms with Gasteiger partial charge in [-0.05, 0) is 76.7 Å². The van der Waals surface area contributed by atoms with Crippen molar-refractivity contribution in [2.75, 3.05) is 28.2 Å². The Morgan fingerprint density at radius 3 is 1.35 bits per heavy atom. The third-order valence-corrected chi connectivity index (χ3v) is 6.60.